The number of aryl methyl sites for hydroxylation is 1. The zero-order valence-corrected chi connectivity index (χ0v) is 13.4. The Hall–Kier alpha value is -1.92. The van der Waals surface area contributed by atoms with Crippen LogP contribution in [0, 0.1) is 11.8 Å². The number of piperidine rings is 1. The Balaban J connectivity index is 1.79. The van der Waals surface area contributed by atoms with Gasteiger partial charge in [-0.1, -0.05) is 13.8 Å². The zero-order valence-electron chi connectivity index (χ0n) is 13.4. The third-order valence-electron chi connectivity index (χ3n) is 3.85. The van der Waals surface area contributed by atoms with Crippen LogP contribution in [0.4, 0.5) is 0 Å². The van der Waals surface area contributed by atoms with Gasteiger partial charge in [0.1, 0.15) is 12.7 Å². The van der Waals surface area contributed by atoms with E-state index >= 15 is 0 Å². The van der Waals surface area contributed by atoms with E-state index in [1.165, 1.54) is 6.33 Å². The number of hydrogen-bond donors (Lipinski definition) is 1. The first-order valence-electron chi connectivity index (χ1n) is 7.94. The molecule has 1 fully saturated rings. The van der Waals surface area contributed by atoms with E-state index in [1.54, 1.807) is 15.9 Å². The summed E-state index contributed by atoms with van der Waals surface area (Å²) in [4.78, 5) is 30.1. The molecule has 1 N–H and O–H groups in total. The second-order valence-electron chi connectivity index (χ2n) is 6.23. The molecule has 1 aliphatic rings. The summed E-state index contributed by atoms with van der Waals surface area (Å²) in [6.07, 6.45) is 5.20. The number of carbonyl (C=O) groups excluding carboxylic acids is 2. The fraction of sp³-hybridized carbons (Fsp3) is 0.733. The van der Waals surface area contributed by atoms with Gasteiger partial charge < -0.3 is 10.2 Å². The molecule has 1 aromatic heterocycles. The van der Waals surface area contributed by atoms with Crippen molar-refractivity contribution >= 4 is 11.8 Å². The average Bonchev–Trinajstić information content (AvgIpc) is 3.03. The smallest absolute Gasteiger partial charge is 0.224 e. The minimum Gasteiger partial charge on any atom is -0.356 e. The van der Waals surface area contributed by atoms with Gasteiger partial charge in [-0.15, -0.1) is 0 Å². The van der Waals surface area contributed by atoms with Crippen LogP contribution >= 0.6 is 0 Å². The van der Waals surface area contributed by atoms with Gasteiger partial charge in [-0.3, -0.25) is 14.3 Å². The maximum Gasteiger partial charge on any atom is 0.224 e. The van der Waals surface area contributed by atoms with Gasteiger partial charge in [-0.25, -0.2) is 4.98 Å². The second kappa shape index (κ2) is 7.91. The van der Waals surface area contributed by atoms with Crippen molar-refractivity contribution in [2.75, 3.05) is 19.6 Å². The van der Waals surface area contributed by atoms with E-state index in [0.717, 1.165) is 19.4 Å². The number of nitrogens with one attached hydrogen (secondary N) is 1. The molecule has 2 rings (SSSR count). The van der Waals surface area contributed by atoms with E-state index in [2.05, 4.69) is 29.2 Å². The molecule has 0 aromatic carbocycles. The van der Waals surface area contributed by atoms with Gasteiger partial charge >= 0.3 is 0 Å². The van der Waals surface area contributed by atoms with E-state index in [0.29, 0.717) is 32.0 Å². The van der Waals surface area contributed by atoms with Gasteiger partial charge in [0.05, 0.1) is 12.5 Å². The molecule has 1 saturated heterocycles. The molecule has 2 heterocycles. The van der Waals surface area contributed by atoms with Crippen molar-refractivity contribution in [2.24, 2.45) is 11.8 Å². The average molecular weight is 307 g/mol. The predicted octanol–water partition coefficient (Wildman–Crippen LogP) is 0.679. The fourth-order valence-corrected chi connectivity index (χ4v) is 2.58. The summed E-state index contributed by atoms with van der Waals surface area (Å²) in [7, 11) is 0. The third-order valence-corrected chi connectivity index (χ3v) is 3.85. The summed E-state index contributed by atoms with van der Waals surface area (Å²) >= 11 is 0. The molecule has 122 valence electrons. The van der Waals surface area contributed by atoms with E-state index < -0.39 is 0 Å². The van der Waals surface area contributed by atoms with Crippen LogP contribution in [0.1, 0.15) is 33.1 Å². The quantitative estimate of drug-likeness (QED) is 0.838. The van der Waals surface area contributed by atoms with Crippen molar-refractivity contribution in [1.29, 1.82) is 0 Å². The maximum atomic E-state index is 12.3. The van der Waals surface area contributed by atoms with Crippen LogP contribution in [-0.4, -0.2) is 51.1 Å². The monoisotopic (exact) mass is 307 g/mol. The second-order valence-corrected chi connectivity index (χ2v) is 6.23. The normalized spacial score (nSPS) is 18.5. The Morgan fingerprint density at radius 2 is 2.23 bits per heavy atom. The molecule has 2 amide bonds. The zero-order chi connectivity index (χ0) is 15.9. The first kappa shape index (κ1) is 16.5. The summed E-state index contributed by atoms with van der Waals surface area (Å²) in [5.41, 5.74) is 0. The molecule has 1 atom stereocenters. The van der Waals surface area contributed by atoms with E-state index in [4.69, 9.17) is 0 Å². The van der Waals surface area contributed by atoms with Crippen LogP contribution in [0.3, 0.4) is 0 Å². The lowest BCUT2D eigenvalue weighted by atomic mass is 9.96. The van der Waals surface area contributed by atoms with Crippen molar-refractivity contribution in [3.8, 4) is 0 Å². The Morgan fingerprint density at radius 3 is 2.91 bits per heavy atom. The Bertz CT molecular complexity index is 486. The Morgan fingerprint density at radius 1 is 1.41 bits per heavy atom. The molecule has 0 saturated carbocycles. The molecule has 22 heavy (non-hydrogen) atoms. The summed E-state index contributed by atoms with van der Waals surface area (Å²) in [6, 6.07) is 0. The largest absolute Gasteiger partial charge is 0.356 e. The SMILES string of the molecule is CC(C)CNC(=O)C1CCCN(C(=O)CCn2cncn2)C1. The first-order chi connectivity index (χ1) is 10.6. The molecule has 0 spiro atoms. The van der Waals surface area contributed by atoms with Gasteiger partial charge in [0, 0.05) is 26.1 Å². The topological polar surface area (TPSA) is 80.1 Å². The highest BCUT2D eigenvalue weighted by Gasteiger charge is 2.28. The molecule has 7 heteroatoms. The van der Waals surface area contributed by atoms with Gasteiger partial charge in [0.15, 0.2) is 0 Å². The molecular weight excluding hydrogens is 282 g/mol. The minimum absolute atomic E-state index is 0.0717. The van der Waals surface area contributed by atoms with Gasteiger partial charge in [0.2, 0.25) is 11.8 Å². The molecule has 0 bridgehead atoms. The predicted molar refractivity (Wildman–Crippen MR) is 81.8 cm³/mol. The van der Waals surface area contributed by atoms with Crippen LogP contribution in [0.25, 0.3) is 0 Å². The fourth-order valence-electron chi connectivity index (χ4n) is 2.58. The van der Waals surface area contributed by atoms with Crippen LogP contribution < -0.4 is 5.32 Å². The Kier molecular flexibility index (Phi) is 5.91. The minimum atomic E-state index is -0.0807. The number of carbonyl (C=O) groups is 2. The summed E-state index contributed by atoms with van der Waals surface area (Å²) < 4.78 is 1.65. The summed E-state index contributed by atoms with van der Waals surface area (Å²) in [6.45, 7) is 6.63. The van der Waals surface area contributed by atoms with E-state index in [-0.39, 0.29) is 17.7 Å². The maximum absolute atomic E-state index is 12.3. The molecule has 7 nitrogen and oxygen atoms in total. The first-order valence-corrected chi connectivity index (χ1v) is 7.94. The highest BCUT2D eigenvalue weighted by Crippen LogP contribution is 2.17. The number of likely N-dealkylation sites (tertiary alicyclic amines) is 1. The summed E-state index contributed by atoms with van der Waals surface area (Å²) in [5, 5.41) is 6.95. The molecule has 1 unspecified atom stereocenters. The van der Waals surface area contributed by atoms with Crippen molar-refractivity contribution in [2.45, 2.75) is 39.7 Å². The lowest BCUT2D eigenvalue weighted by molar-refractivity contribution is -0.136. The molecule has 1 aliphatic heterocycles. The highest BCUT2D eigenvalue weighted by molar-refractivity contribution is 5.81. The number of nitrogens with zero attached hydrogens (tertiary/aromatic N) is 4. The van der Waals surface area contributed by atoms with Crippen molar-refractivity contribution < 1.29 is 9.59 Å². The lowest BCUT2D eigenvalue weighted by Crippen LogP contribution is -2.46. The number of amides is 2. The van der Waals surface area contributed by atoms with Crippen molar-refractivity contribution in [3.05, 3.63) is 12.7 Å². The number of rotatable bonds is 6. The van der Waals surface area contributed by atoms with Crippen LogP contribution in [-0.2, 0) is 16.1 Å². The Labute approximate surface area is 131 Å². The summed E-state index contributed by atoms with van der Waals surface area (Å²) in [5.74, 6) is 0.509. The number of aromatic nitrogens is 3. The van der Waals surface area contributed by atoms with Crippen LogP contribution in [0.15, 0.2) is 12.7 Å². The van der Waals surface area contributed by atoms with E-state index in [1.807, 2.05) is 0 Å². The molecular formula is C15H25N5O2. The molecule has 1 aromatic rings. The van der Waals surface area contributed by atoms with Gasteiger partial charge in [-0.05, 0) is 18.8 Å². The third kappa shape index (κ3) is 4.82. The van der Waals surface area contributed by atoms with Crippen molar-refractivity contribution in [1.82, 2.24) is 25.0 Å². The van der Waals surface area contributed by atoms with Gasteiger partial charge in [0.25, 0.3) is 0 Å². The standard InChI is InChI=1S/C15H25N5O2/c1-12(2)8-17-15(22)13-4-3-6-19(9-13)14(21)5-7-20-11-16-10-18-20/h10-13H,3-9H2,1-2H3,(H,17,22). The highest BCUT2D eigenvalue weighted by atomic mass is 16.2. The van der Waals surface area contributed by atoms with Crippen LogP contribution in [0.2, 0.25) is 0 Å². The molecule has 0 radical (unpaired) electrons. The number of hydrogen-bond acceptors (Lipinski definition) is 4. The van der Waals surface area contributed by atoms with E-state index in [9.17, 15) is 9.59 Å². The molecule has 0 aliphatic carbocycles. The van der Waals surface area contributed by atoms with Crippen LogP contribution in [0.5, 0.6) is 0 Å². The lowest BCUT2D eigenvalue weighted by Gasteiger charge is -2.32. The van der Waals surface area contributed by atoms with Gasteiger partial charge in [-0.2, -0.15) is 5.10 Å². The van der Waals surface area contributed by atoms with Crippen molar-refractivity contribution in [3.63, 3.8) is 0 Å².